The summed E-state index contributed by atoms with van der Waals surface area (Å²) in [4.78, 5) is 2.42. The summed E-state index contributed by atoms with van der Waals surface area (Å²) in [5, 5.41) is 0. The van der Waals surface area contributed by atoms with E-state index in [9.17, 15) is 0 Å². The van der Waals surface area contributed by atoms with Crippen LogP contribution in [0.15, 0.2) is 18.2 Å². The SMILES string of the molecule is CCC(C)N(CC)C(CN)c1ccc(OC)cc1OC. The van der Waals surface area contributed by atoms with E-state index in [1.165, 1.54) is 0 Å². The Morgan fingerprint density at radius 1 is 1.20 bits per heavy atom. The summed E-state index contributed by atoms with van der Waals surface area (Å²) >= 11 is 0. The first kappa shape index (κ1) is 16.8. The standard InChI is InChI=1S/C16H28N2O2/c1-6-12(3)18(7-2)15(11-17)14-9-8-13(19-4)10-16(14)20-5/h8-10,12,15H,6-7,11,17H2,1-5H3. The zero-order valence-electron chi connectivity index (χ0n) is 13.3. The smallest absolute Gasteiger partial charge is 0.127 e. The summed E-state index contributed by atoms with van der Waals surface area (Å²) in [5.74, 6) is 1.63. The first-order valence-electron chi connectivity index (χ1n) is 7.30. The van der Waals surface area contributed by atoms with Gasteiger partial charge in [-0.15, -0.1) is 0 Å². The van der Waals surface area contributed by atoms with E-state index in [0.717, 1.165) is 30.0 Å². The second-order valence-electron chi connectivity index (χ2n) is 4.95. The van der Waals surface area contributed by atoms with Crippen LogP contribution in [-0.2, 0) is 0 Å². The van der Waals surface area contributed by atoms with Gasteiger partial charge in [0.05, 0.1) is 20.3 Å². The van der Waals surface area contributed by atoms with E-state index in [2.05, 4.69) is 31.7 Å². The van der Waals surface area contributed by atoms with Gasteiger partial charge in [0.2, 0.25) is 0 Å². The van der Waals surface area contributed by atoms with Gasteiger partial charge in [-0.05, 0) is 26.0 Å². The molecule has 1 aromatic carbocycles. The average Bonchev–Trinajstić information content (AvgIpc) is 2.51. The molecule has 114 valence electrons. The van der Waals surface area contributed by atoms with Crippen LogP contribution in [0.5, 0.6) is 11.5 Å². The van der Waals surface area contributed by atoms with Crippen molar-refractivity contribution in [2.45, 2.75) is 39.3 Å². The number of rotatable bonds is 8. The second-order valence-corrected chi connectivity index (χ2v) is 4.95. The number of likely N-dealkylation sites (N-methyl/N-ethyl adjacent to an activating group) is 1. The molecule has 1 rings (SSSR count). The van der Waals surface area contributed by atoms with Crippen molar-refractivity contribution in [1.29, 1.82) is 0 Å². The third kappa shape index (κ3) is 3.64. The lowest BCUT2D eigenvalue weighted by Crippen LogP contribution is -2.39. The van der Waals surface area contributed by atoms with Crippen LogP contribution in [-0.4, -0.2) is 38.3 Å². The molecule has 1 aromatic rings. The maximum atomic E-state index is 6.04. The van der Waals surface area contributed by atoms with E-state index in [1.54, 1.807) is 14.2 Å². The van der Waals surface area contributed by atoms with Crippen LogP contribution >= 0.6 is 0 Å². The molecule has 0 amide bonds. The van der Waals surface area contributed by atoms with Crippen molar-refractivity contribution in [3.05, 3.63) is 23.8 Å². The number of methoxy groups -OCH3 is 2. The van der Waals surface area contributed by atoms with E-state index >= 15 is 0 Å². The molecule has 0 bridgehead atoms. The lowest BCUT2D eigenvalue weighted by molar-refractivity contribution is 0.149. The summed E-state index contributed by atoms with van der Waals surface area (Å²) in [6.07, 6.45) is 1.10. The Kier molecular flexibility index (Phi) is 6.82. The van der Waals surface area contributed by atoms with Crippen LogP contribution in [0.3, 0.4) is 0 Å². The maximum Gasteiger partial charge on any atom is 0.127 e. The second kappa shape index (κ2) is 8.12. The number of nitrogens with zero attached hydrogens (tertiary/aromatic N) is 1. The molecule has 0 saturated heterocycles. The summed E-state index contributed by atoms with van der Waals surface area (Å²) < 4.78 is 10.8. The summed E-state index contributed by atoms with van der Waals surface area (Å²) in [5.41, 5.74) is 7.16. The van der Waals surface area contributed by atoms with E-state index in [4.69, 9.17) is 15.2 Å². The molecule has 0 heterocycles. The summed E-state index contributed by atoms with van der Waals surface area (Å²) in [6.45, 7) is 8.14. The Morgan fingerprint density at radius 2 is 1.90 bits per heavy atom. The van der Waals surface area contributed by atoms with Gasteiger partial charge in [-0.1, -0.05) is 19.9 Å². The molecule has 0 aliphatic carbocycles. The predicted molar refractivity (Wildman–Crippen MR) is 83.5 cm³/mol. The topological polar surface area (TPSA) is 47.7 Å². The van der Waals surface area contributed by atoms with E-state index < -0.39 is 0 Å². The Bertz CT molecular complexity index is 409. The van der Waals surface area contributed by atoms with Gasteiger partial charge >= 0.3 is 0 Å². The highest BCUT2D eigenvalue weighted by atomic mass is 16.5. The highest BCUT2D eigenvalue weighted by Gasteiger charge is 2.24. The molecule has 0 aromatic heterocycles. The molecule has 0 spiro atoms. The lowest BCUT2D eigenvalue weighted by Gasteiger charge is -2.35. The van der Waals surface area contributed by atoms with Crippen molar-refractivity contribution in [3.63, 3.8) is 0 Å². The van der Waals surface area contributed by atoms with Crippen LogP contribution in [0.25, 0.3) is 0 Å². The zero-order chi connectivity index (χ0) is 15.1. The first-order valence-corrected chi connectivity index (χ1v) is 7.30. The summed E-state index contributed by atoms with van der Waals surface area (Å²) in [6, 6.07) is 6.59. The molecule has 0 aliphatic heterocycles. The van der Waals surface area contributed by atoms with Crippen molar-refractivity contribution in [2.75, 3.05) is 27.3 Å². The number of hydrogen-bond acceptors (Lipinski definition) is 4. The van der Waals surface area contributed by atoms with Crippen LogP contribution in [0.1, 0.15) is 38.8 Å². The number of nitrogens with two attached hydrogens (primary N) is 1. The van der Waals surface area contributed by atoms with Gasteiger partial charge in [0.25, 0.3) is 0 Å². The molecular formula is C16H28N2O2. The minimum Gasteiger partial charge on any atom is -0.497 e. The van der Waals surface area contributed by atoms with Gasteiger partial charge < -0.3 is 15.2 Å². The minimum absolute atomic E-state index is 0.163. The van der Waals surface area contributed by atoms with Crippen LogP contribution in [0.4, 0.5) is 0 Å². The fourth-order valence-corrected chi connectivity index (χ4v) is 2.61. The van der Waals surface area contributed by atoms with Crippen LogP contribution < -0.4 is 15.2 Å². The van der Waals surface area contributed by atoms with E-state index in [-0.39, 0.29) is 6.04 Å². The Hall–Kier alpha value is -1.26. The Labute approximate surface area is 122 Å². The van der Waals surface area contributed by atoms with Crippen molar-refractivity contribution in [2.24, 2.45) is 5.73 Å². The Morgan fingerprint density at radius 3 is 2.35 bits per heavy atom. The van der Waals surface area contributed by atoms with Crippen molar-refractivity contribution in [3.8, 4) is 11.5 Å². The molecule has 20 heavy (non-hydrogen) atoms. The molecular weight excluding hydrogens is 252 g/mol. The van der Waals surface area contributed by atoms with Gasteiger partial charge in [-0.25, -0.2) is 0 Å². The van der Waals surface area contributed by atoms with Gasteiger partial charge in [0, 0.05) is 24.2 Å². The number of benzene rings is 1. The molecule has 2 N–H and O–H groups in total. The number of hydrogen-bond donors (Lipinski definition) is 1. The largest absolute Gasteiger partial charge is 0.497 e. The third-order valence-electron chi connectivity index (χ3n) is 3.95. The fourth-order valence-electron chi connectivity index (χ4n) is 2.61. The molecule has 0 aliphatic rings. The quantitative estimate of drug-likeness (QED) is 0.795. The van der Waals surface area contributed by atoms with Crippen molar-refractivity contribution in [1.82, 2.24) is 4.90 Å². The van der Waals surface area contributed by atoms with Crippen molar-refractivity contribution >= 4 is 0 Å². The first-order chi connectivity index (χ1) is 9.62. The maximum absolute atomic E-state index is 6.04. The average molecular weight is 280 g/mol. The molecule has 4 nitrogen and oxygen atoms in total. The molecule has 0 fully saturated rings. The molecule has 2 unspecified atom stereocenters. The Balaban J connectivity index is 3.16. The molecule has 0 radical (unpaired) electrons. The third-order valence-corrected chi connectivity index (χ3v) is 3.95. The van der Waals surface area contributed by atoms with Gasteiger partial charge in [0.1, 0.15) is 11.5 Å². The minimum atomic E-state index is 0.163. The predicted octanol–water partition coefficient (Wildman–Crippen LogP) is 2.82. The molecule has 0 saturated carbocycles. The molecule has 2 atom stereocenters. The highest BCUT2D eigenvalue weighted by Crippen LogP contribution is 2.33. The van der Waals surface area contributed by atoms with Gasteiger partial charge in [-0.3, -0.25) is 4.90 Å². The normalized spacial score (nSPS) is 14.2. The van der Waals surface area contributed by atoms with Crippen LogP contribution in [0, 0.1) is 0 Å². The zero-order valence-corrected chi connectivity index (χ0v) is 13.3. The van der Waals surface area contributed by atoms with Gasteiger partial charge in [-0.2, -0.15) is 0 Å². The van der Waals surface area contributed by atoms with Crippen molar-refractivity contribution < 1.29 is 9.47 Å². The molecule has 4 heteroatoms. The highest BCUT2D eigenvalue weighted by molar-refractivity contribution is 5.42. The van der Waals surface area contributed by atoms with E-state index in [0.29, 0.717) is 12.6 Å². The number of ether oxygens (including phenoxy) is 2. The van der Waals surface area contributed by atoms with Crippen LogP contribution in [0.2, 0.25) is 0 Å². The monoisotopic (exact) mass is 280 g/mol. The van der Waals surface area contributed by atoms with Gasteiger partial charge in [0.15, 0.2) is 0 Å². The van der Waals surface area contributed by atoms with E-state index in [1.807, 2.05) is 12.1 Å². The summed E-state index contributed by atoms with van der Waals surface area (Å²) in [7, 11) is 3.34. The fraction of sp³-hybridized carbons (Fsp3) is 0.625. The lowest BCUT2D eigenvalue weighted by atomic mass is 10.0.